The Bertz CT molecular complexity index is 843. The number of anilines is 1. The van der Waals surface area contributed by atoms with E-state index in [2.05, 4.69) is 31.1 Å². The molecule has 0 aliphatic carbocycles. The Balaban J connectivity index is 1.67. The summed E-state index contributed by atoms with van der Waals surface area (Å²) in [5.41, 5.74) is 2.81. The number of amides is 1. The van der Waals surface area contributed by atoms with Crippen LogP contribution in [0.1, 0.15) is 56.8 Å². The maximum Gasteiger partial charge on any atom is 0.254 e. The van der Waals surface area contributed by atoms with Crippen LogP contribution in [0.3, 0.4) is 0 Å². The van der Waals surface area contributed by atoms with Crippen LogP contribution in [-0.4, -0.2) is 21.2 Å². The van der Waals surface area contributed by atoms with E-state index in [1.54, 1.807) is 22.4 Å². The summed E-state index contributed by atoms with van der Waals surface area (Å²) in [6.07, 6.45) is 2.05. The lowest BCUT2D eigenvalue weighted by molar-refractivity contribution is -0.116. The average molecular weight is 372 g/mol. The van der Waals surface area contributed by atoms with Gasteiger partial charge in [-0.05, 0) is 30.0 Å². The van der Waals surface area contributed by atoms with Gasteiger partial charge in [-0.25, -0.2) is 4.98 Å². The van der Waals surface area contributed by atoms with E-state index in [1.165, 1.54) is 5.56 Å². The highest BCUT2D eigenvalue weighted by molar-refractivity contribution is 7.99. The Morgan fingerprint density at radius 3 is 2.73 bits per heavy atom. The van der Waals surface area contributed by atoms with Crippen molar-refractivity contribution < 1.29 is 4.79 Å². The molecule has 1 N–H and O–H groups in total. The van der Waals surface area contributed by atoms with Crippen LogP contribution in [0.15, 0.2) is 40.3 Å². The molecule has 1 aliphatic rings. The highest BCUT2D eigenvalue weighted by Crippen LogP contribution is 2.32. The van der Waals surface area contributed by atoms with Gasteiger partial charge in [-0.3, -0.25) is 14.2 Å². The molecular formula is C20H25N3O2S. The molecule has 3 rings (SSSR count). The molecule has 6 heteroatoms. The van der Waals surface area contributed by atoms with E-state index >= 15 is 0 Å². The number of benzene rings is 1. The van der Waals surface area contributed by atoms with E-state index in [0.29, 0.717) is 11.7 Å². The highest BCUT2D eigenvalue weighted by atomic mass is 32.2. The zero-order valence-electron chi connectivity index (χ0n) is 15.5. The molecule has 26 heavy (non-hydrogen) atoms. The van der Waals surface area contributed by atoms with Crippen LogP contribution in [-0.2, 0) is 11.2 Å². The second kappa shape index (κ2) is 8.08. The Hall–Kier alpha value is -2.08. The van der Waals surface area contributed by atoms with E-state index in [0.717, 1.165) is 29.4 Å². The molecule has 0 saturated carbocycles. The minimum Gasteiger partial charge on any atom is -0.326 e. The number of aryl methyl sites for hydroxylation is 1. The van der Waals surface area contributed by atoms with Gasteiger partial charge in [0.25, 0.3) is 5.56 Å². The summed E-state index contributed by atoms with van der Waals surface area (Å²) in [7, 11) is 0. The molecule has 2 aromatic rings. The zero-order chi connectivity index (χ0) is 18.7. The van der Waals surface area contributed by atoms with Gasteiger partial charge < -0.3 is 5.32 Å². The minimum absolute atomic E-state index is 0.0532. The standard InChI is InChI=1S/C20H25N3O2S/c1-4-5-16-10-19(25)23-17(12-26-20(23)22-16)11-18(24)21-15-8-6-14(7-9-15)13(2)3/h6-10,13,17H,4-5,11-12H2,1-3H3,(H,21,24). The lowest BCUT2D eigenvalue weighted by Gasteiger charge is -2.14. The zero-order valence-corrected chi connectivity index (χ0v) is 16.3. The number of nitrogens with zero attached hydrogens (tertiary/aromatic N) is 2. The molecular weight excluding hydrogens is 346 g/mol. The number of rotatable bonds is 6. The lowest BCUT2D eigenvalue weighted by Crippen LogP contribution is -2.27. The number of aromatic nitrogens is 2. The molecule has 0 saturated heterocycles. The third-order valence-electron chi connectivity index (χ3n) is 4.53. The van der Waals surface area contributed by atoms with Gasteiger partial charge in [-0.1, -0.05) is 51.1 Å². The van der Waals surface area contributed by atoms with Crippen LogP contribution in [0.25, 0.3) is 0 Å². The van der Waals surface area contributed by atoms with Crippen molar-refractivity contribution in [3.8, 4) is 0 Å². The topological polar surface area (TPSA) is 64.0 Å². The molecule has 0 bridgehead atoms. The summed E-state index contributed by atoms with van der Waals surface area (Å²) < 4.78 is 1.67. The molecule has 5 nitrogen and oxygen atoms in total. The van der Waals surface area contributed by atoms with E-state index in [-0.39, 0.29) is 23.9 Å². The second-order valence-corrected chi connectivity index (χ2v) is 7.97. The van der Waals surface area contributed by atoms with Crippen molar-refractivity contribution in [2.24, 2.45) is 0 Å². The third kappa shape index (κ3) is 4.18. The van der Waals surface area contributed by atoms with Gasteiger partial charge >= 0.3 is 0 Å². The average Bonchev–Trinajstić information content (AvgIpc) is 2.98. The fraction of sp³-hybridized carbons (Fsp3) is 0.450. The smallest absolute Gasteiger partial charge is 0.254 e. The summed E-state index contributed by atoms with van der Waals surface area (Å²) in [5, 5.41) is 3.67. The third-order valence-corrected chi connectivity index (χ3v) is 5.63. The molecule has 1 atom stereocenters. The van der Waals surface area contributed by atoms with E-state index in [4.69, 9.17) is 0 Å². The molecule has 1 aromatic heterocycles. The fourth-order valence-electron chi connectivity index (χ4n) is 3.11. The first-order valence-corrected chi connectivity index (χ1v) is 10.1. The number of nitrogens with one attached hydrogen (secondary N) is 1. The number of hydrogen-bond donors (Lipinski definition) is 1. The SMILES string of the molecule is CCCc1cc(=O)n2c(n1)SCC2CC(=O)Nc1ccc(C(C)C)cc1. The maximum atomic E-state index is 12.4. The van der Waals surface area contributed by atoms with Crippen LogP contribution < -0.4 is 10.9 Å². The normalized spacial score (nSPS) is 15.9. The molecule has 1 amide bonds. The molecule has 1 aromatic carbocycles. The fourth-order valence-corrected chi connectivity index (χ4v) is 4.28. The van der Waals surface area contributed by atoms with Gasteiger partial charge in [0.2, 0.25) is 5.91 Å². The molecule has 0 radical (unpaired) electrons. The van der Waals surface area contributed by atoms with E-state index < -0.39 is 0 Å². The summed E-state index contributed by atoms with van der Waals surface area (Å²) in [5.74, 6) is 1.09. The summed E-state index contributed by atoms with van der Waals surface area (Å²) >= 11 is 1.56. The van der Waals surface area contributed by atoms with Crippen LogP contribution in [0.4, 0.5) is 5.69 Å². The van der Waals surface area contributed by atoms with E-state index in [1.807, 2.05) is 24.3 Å². The molecule has 0 spiro atoms. The number of carbonyl (C=O) groups is 1. The first-order valence-electron chi connectivity index (χ1n) is 9.13. The van der Waals surface area contributed by atoms with Crippen molar-refractivity contribution in [1.82, 2.24) is 9.55 Å². The molecule has 138 valence electrons. The summed E-state index contributed by atoms with van der Waals surface area (Å²) in [6, 6.07) is 9.38. The van der Waals surface area contributed by atoms with Crippen LogP contribution in [0.5, 0.6) is 0 Å². The first kappa shape index (κ1) is 18.7. The van der Waals surface area contributed by atoms with Crippen LogP contribution in [0.2, 0.25) is 0 Å². The van der Waals surface area contributed by atoms with Crippen LogP contribution in [0, 0.1) is 0 Å². The number of hydrogen-bond acceptors (Lipinski definition) is 4. The Kier molecular flexibility index (Phi) is 5.81. The number of fused-ring (bicyclic) bond motifs is 1. The molecule has 2 heterocycles. The van der Waals surface area contributed by atoms with Gasteiger partial charge in [0.1, 0.15) is 0 Å². The second-order valence-electron chi connectivity index (χ2n) is 6.98. The van der Waals surface area contributed by atoms with Crippen molar-refractivity contribution in [2.45, 2.75) is 57.1 Å². The van der Waals surface area contributed by atoms with Crippen molar-refractivity contribution in [2.75, 3.05) is 11.1 Å². The van der Waals surface area contributed by atoms with Crippen molar-refractivity contribution in [1.29, 1.82) is 0 Å². The van der Waals surface area contributed by atoms with Crippen molar-refractivity contribution in [3.05, 3.63) is 51.9 Å². The summed E-state index contributed by atoms with van der Waals surface area (Å²) in [6.45, 7) is 6.35. The highest BCUT2D eigenvalue weighted by Gasteiger charge is 2.27. The van der Waals surface area contributed by atoms with Crippen molar-refractivity contribution >= 4 is 23.4 Å². The van der Waals surface area contributed by atoms with Crippen molar-refractivity contribution in [3.63, 3.8) is 0 Å². The Morgan fingerprint density at radius 2 is 2.08 bits per heavy atom. The molecule has 1 unspecified atom stereocenters. The number of carbonyl (C=O) groups excluding carboxylic acids is 1. The molecule has 0 fully saturated rings. The predicted molar refractivity (Wildman–Crippen MR) is 106 cm³/mol. The van der Waals surface area contributed by atoms with Gasteiger partial charge in [-0.15, -0.1) is 0 Å². The monoisotopic (exact) mass is 371 g/mol. The Labute approximate surface area is 158 Å². The largest absolute Gasteiger partial charge is 0.326 e. The van der Waals surface area contributed by atoms with Gasteiger partial charge in [-0.2, -0.15) is 0 Å². The van der Waals surface area contributed by atoms with Crippen LogP contribution >= 0.6 is 11.8 Å². The predicted octanol–water partition coefficient (Wildman–Crippen LogP) is 3.99. The van der Waals surface area contributed by atoms with Gasteiger partial charge in [0, 0.05) is 29.6 Å². The lowest BCUT2D eigenvalue weighted by atomic mass is 10.0. The minimum atomic E-state index is -0.138. The number of thioether (sulfide) groups is 1. The quantitative estimate of drug-likeness (QED) is 0.780. The van der Waals surface area contributed by atoms with Gasteiger partial charge in [0.15, 0.2) is 5.16 Å². The summed E-state index contributed by atoms with van der Waals surface area (Å²) in [4.78, 5) is 29.4. The maximum absolute atomic E-state index is 12.4. The van der Waals surface area contributed by atoms with Gasteiger partial charge in [0.05, 0.1) is 6.04 Å². The van der Waals surface area contributed by atoms with E-state index in [9.17, 15) is 9.59 Å². The first-order chi connectivity index (χ1) is 12.5. The molecule has 1 aliphatic heterocycles. The Morgan fingerprint density at radius 1 is 1.35 bits per heavy atom.